The zero-order valence-electron chi connectivity index (χ0n) is 15.0. The number of carbonyl (C=O) groups excluding carboxylic acids is 1. The van der Waals surface area contributed by atoms with Gasteiger partial charge in [-0.05, 0) is 24.3 Å². The molecule has 3 aromatic rings. The molecule has 1 saturated heterocycles. The van der Waals surface area contributed by atoms with Gasteiger partial charge in [0.15, 0.2) is 0 Å². The first-order chi connectivity index (χ1) is 13.2. The number of benzene rings is 1. The van der Waals surface area contributed by atoms with E-state index in [0.29, 0.717) is 31.4 Å². The van der Waals surface area contributed by atoms with Crippen molar-refractivity contribution in [1.29, 1.82) is 0 Å². The summed E-state index contributed by atoms with van der Waals surface area (Å²) in [4.78, 5) is 33.0. The van der Waals surface area contributed by atoms with Gasteiger partial charge in [-0.15, -0.1) is 0 Å². The molecule has 7 heteroatoms. The first-order valence-corrected chi connectivity index (χ1v) is 9.11. The molecule has 1 amide bonds. The van der Waals surface area contributed by atoms with Crippen LogP contribution in [-0.4, -0.2) is 51.8 Å². The zero-order valence-corrected chi connectivity index (χ0v) is 15.0. The molecule has 1 aromatic carbocycles. The highest BCUT2D eigenvalue weighted by atomic mass is 16.2. The van der Waals surface area contributed by atoms with Gasteiger partial charge >= 0.3 is 0 Å². The fourth-order valence-electron chi connectivity index (χ4n) is 3.42. The second-order valence-electron chi connectivity index (χ2n) is 6.55. The van der Waals surface area contributed by atoms with Crippen LogP contribution < -0.4 is 10.3 Å². The Bertz CT molecular complexity index is 994. The quantitative estimate of drug-likeness (QED) is 0.703. The van der Waals surface area contributed by atoms with Crippen molar-refractivity contribution >= 4 is 22.6 Å². The molecule has 0 unspecified atom stereocenters. The molecule has 3 heterocycles. The minimum Gasteiger partial charge on any atom is -0.353 e. The third-order valence-corrected chi connectivity index (χ3v) is 4.91. The van der Waals surface area contributed by atoms with Crippen molar-refractivity contribution in [1.82, 2.24) is 19.7 Å². The van der Waals surface area contributed by atoms with Crippen LogP contribution in [-0.2, 0) is 11.3 Å². The lowest BCUT2D eigenvalue weighted by Crippen LogP contribution is -2.49. The summed E-state index contributed by atoms with van der Waals surface area (Å²) in [5, 5.41) is 4.82. The Balaban J connectivity index is 1.37. The maximum atomic E-state index is 12.6. The molecule has 0 atom stereocenters. The van der Waals surface area contributed by atoms with Gasteiger partial charge in [-0.25, -0.2) is 4.98 Å². The minimum absolute atomic E-state index is 0.0983. The molecule has 1 aliphatic heterocycles. The molecular formula is C20H21N5O2. The van der Waals surface area contributed by atoms with Crippen LogP contribution in [0.3, 0.4) is 0 Å². The standard InChI is InChI=1S/C20H21N5O2/c26-18-15-22-25(17-6-2-1-5-16(17)18)10-8-20(27)24-13-11-23(12-14-24)19-7-3-4-9-21-19/h1-7,9,15H,8,10-14H2. The first kappa shape index (κ1) is 17.2. The van der Waals surface area contributed by atoms with Crippen LogP contribution in [0.4, 0.5) is 5.82 Å². The van der Waals surface area contributed by atoms with Crippen molar-refractivity contribution < 1.29 is 4.79 Å². The van der Waals surface area contributed by atoms with Crippen molar-refractivity contribution in [3.8, 4) is 0 Å². The molecule has 0 bridgehead atoms. The van der Waals surface area contributed by atoms with Gasteiger partial charge in [0.2, 0.25) is 11.3 Å². The van der Waals surface area contributed by atoms with Crippen LogP contribution in [0.25, 0.3) is 10.9 Å². The number of carbonyl (C=O) groups is 1. The number of para-hydroxylation sites is 1. The van der Waals surface area contributed by atoms with E-state index in [1.165, 1.54) is 6.20 Å². The van der Waals surface area contributed by atoms with Crippen molar-refractivity contribution in [3.63, 3.8) is 0 Å². The van der Waals surface area contributed by atoms with Crippen molar-refractivity contribution in [2.75, 3.05) is 31.1 Å². The van der Waals surface area contributed by atoms with Gasteiger partial charge < -0.3 is 9.80 Å². The average Bonchev–Trinajstić information content (AvgIpc) is 2.74. The molecule has 138 valence electrons. The van der Waals surface area contributed by atoms with Crippen LogP contribution in [0.2, 0.25) is 0 Å². The number of aryl methyl sites for hydroxylation is 1. The average molecular weight is 363 g/mol. The SMILES string of the molecule is O=C(CCn1ncc(=O)c2ccccc21)N1CCN(c2ccccn2)CC1. The van der Waals surface area contributed by atoms with E-state index in [4.69, 9.17) is 0 Å². The highest BCUT2D eigenvalue weighted by molar-refractivity contribution is 5.79. The number of piperazine rings is 1. The zero-order chi connectivity index (χ0) is 18.6. The molecule has 0 N–H and O–H groups in total. The highest BCUT2D eigenvalue weighted by Crippen LogP contribution is 2.14. The predicted molar refractivity (Wildman–Crippen MR) is 104 cm³/mol. The van der Waals surface area contributed by atoms with Crippen LogP contribution in [0.1, 0.15) is 6.42 Å². The Morgan fingerprint density at radius 3 is 2.56 bits per heavy atom. The van der Waals surface area contributed by atoms with Gasteiger partial charge in [-0.1, -0.05) is 18.2 Å². The van der Waals surface area contributed by atoms with Crippen LogP contribution >= 0.6 is 0 Å². The second-order valence-corrected chi connectivity index (χ2v) is 6.55. The summed E-state index contributed by atoms with van der Waals surface area (Å²) in [5.41, 5.74) is 0.664. The molecule has 0 spiro atoms. The Kier molecular flexibility index (Phi) is 4.82. The topological polar surface area (TPSA) is 71.3 Å². The largest absolute Gasteiger partial charge is 0.353 e. The van der Waals surface area contributed by atoms with E-state index in [2.05, 4.69) is 15.0 Å². The number of hydrogen-bond acceptors (Lipinski definition) is 5. The van der Waals surface area contributed by atoms with Gasteiger partial charge in [0.05, 0.1) is 18.3 Å². The van der Waals surface area contributed by atoms with Gasteiger partial charge in [0, 0.05) is 44.2 Å². The monoisotopic (exact) mass is 363 g/mol. The van der Waals surface area contributed by atoms with Gasteiger partial charge in [-0.2, -0.15) is 5.10 Å². The molecule has 7 nitrogen and oxygen atoms in total. The number of hydrogen-bond donors (Lipinski definition) is 0. The van der Waals surface area contributed by atoms with E-state index in [1.807, 2.05) is 41.3 Å². The molecule has 0 saturated carbocycles. The van der Waals surface area contributed by atoms with E-state index in [0.717, 1.165) is 24.4 Å². The molecule has 2 aromatic heterocycles. The van der Waals surface area contributed by atoms with Crippen molar-refractivity contribution in [2.45, 2.75) is 13.0 Å². The Hall–Kier alpha value is -3.22. The number of fused-ring (bicyclic) bond motifs is 1. The minimum atomic E-state index is -0.0983. The summed E-state index contributed by atoms with van der Waals surface area (Å²) in [6.45, 7) is 3.39. The molecule has 4 rings (SSSR count). The maximum absolute atomic E-state index is 12.6. The molecular weight excluding hydrogens is 342 g/mol. The van der Waals surface area contributed by atoms with E-state index in [9.17, 15) is 9.59 Å². The van der Waals surface area contributed by atoms with Crippen LogP contribution in [0, 0.1) is 0 Å². The van der Waals surface area contributed by atoms with Crippen molar-refractivity contribution in [2.24, 2.45) is 0 Å². The molecule has 0 aliphatic carbocycles. The Morgan fingerprint density at radius 2 is 1.78 bits per heavy atom. The number of anilines is 1. The third-order valence-electron chi connectivity index (χ3n) is 4.91. The van der Waals surface area contributed by atoms with Gasteiger partial charge in [0.25, 0.3) is 0 Å². The van der Waals surface area contributed by atoms with E-state index < -0.39 is 0 Å². The fraction of sp³-hybridized carbons (Fsp3) is 0.300. The second kappa shape index (κ2) is 7.57. The summed E-state index contributed by atoms with van der Waals surface area (Å²) < 4.78 is 1.73. The fourth-order valence-corrected chi connectivity index (χ4v) is 3.42. The smallest absolute Gasteiger partial charge is 0.224 e. The van der Waals surface area contributed by atoms with Gasteiger partial charge in [-0.3, -0.25) is 14.3 Å². The normalized spacial score (nSPS) is 14.5. The highest BCUT2D eigenvalue weighted by Gasteiger charge is 2.21. The predicted octanol–water partition coefficient (Wildman–Crippen LogP) is 1.53. The molecule has 0 radical (unpaired) electrons. The summed E-state index contributed by atoms with van der Waals surface area (Å²) in [7, 11) is 0. The Morgan fingerprint density at radius 1 is 1.00 bits per heavy atom. The van der Waals surface area contributed by atoms with E-state index >= 15 is 0 Å². The van der Waals surface area contributed by atoms with Gasteiger partial charge in [0.1, 0.15) is 5.82 Å². The maximum Gasteiger partial charge on any atom is 0.224 e. The summed E-state index contributed by atoms with van der Waals surface area (Å²) in [5.74, 6) is 1.06. The number of rotatable bonds is 4. The molecule has 1 aliphatic rings. The van der Waals surface area contributed by atoms with E-state index in [1.54, 1.807) is 16.9 Å². The summed E-state index contributed by atoms with van der Waals surface area (Å²) >= 11 is 0. The number of nitrogens with zero attached hydrogens (tertiary/aromatic N) is 5. The lowest BCUT2D eigenvalue weighted by molar-refractivity contribution is -0.131. The summed E-state index contributed by atoms with van der Waals surface area (Å²) in [6.07, 6.45) is 3.47. The molecule has 1 fully saturated rings. The van der Waals surface area contributed by atoms with Crippen LogP contribution in [0.15, 0.2) is 59.7 Å². The number of pyridine rings is 1. The third kappa shape index (κ3) is 3.67. The molecule has 27 heavy (non-hydrogen) atoms. The van der Waals surface area contributed by atoms with Crippen molar-refractivity contribution in [3.05, 3.63) is 65.1 Å². The van der Waals surface area contributed by atoms with E-state index in [-0.39, 0.29) is 11.3 Å². The first-order valence-electron chi connectivity index (χ1n) is 9.11. The summed E-state index contributed by atoms with van der Waals surface area (Å²) in [6, 6.07) is 13.2. The van der Waals surface area contributed by atoms with Crippen LogP contribution in [0.5, 0.6) is 0 Å². The number of aromatic nitrogens is 3. The lowest BCUT2D eigenvalue weighted by Gasteiger charge is -2.35. The lowest BCUT2D eigenvalue weighted by atomic mass is 10.2. The number of amides is 1. The Labute approximate surface area is 156 Å².